The first kappa shape index (κ1) is 23.8. The van der Waals surface area contributed by atoms with E-state index < -0.39 is 31.9 Å². The highest BCUT2D eigenvalue weighted by Gasteiger charge is 2.29. The summed E-state index contributed by atoms with van der Waals surface area (Å²) in [4.78, 5) is 14.5. The number of amides is 1. The molecule has 0 aliphatic carbocycles. The number of nitrogens with zero attached hydrogens (tertiary/aromatic N) is 1. The summed E-state index contributed by atoms with van der Waals surface area (Å²) in [7, 11) is -7.21. The Hall–Kier alpha value is -2.31. The number of hydrogen-bond acceptors (Lipinski definition) is 8. The summed E-state index contributed by atoms with van der Waals surface area (Å²) in [5, 5.41) is 9.39. The Morgan fingerprint density at radius 1 is 1.03 bits per heavy atom. The molecule has 0 saturated carbocycles. The minimum absolute atomic E-state index is 0.0147. The number of aliphatic hydroxyl groups is 1. The molecule has 1 amide bonds. The van der Waals surface area contributed by atoms with E-state index in [-0.39, 0.29) is 46.6 Å². The quantitative estimate of drug-likeness (QED) is 0.658. The lowest BCUT2D eigenvalue weighted by Gasteiger charge is -2.28. The van der Waals surface area contributed by atoms with Gasteiger partial charge in [-0.2, -0.15) is 0 Å². The van der Waals surface area contributed by atoms with Crippen LogP contribution in [0.2, 0.25) is 0 Å². The Morgan fingerprint density at radius 2 is 1.73 bits per heavy atom. The number of carbonyl (C=O) groups is 1. The van der Waals surface area contributed by atoms with Crippen LogP contribution in [0.4, 0.5) is 0 Å². The Bertz CT molecular complexity index is 1240. The molecule has 2 aliphatic rings. The number of rotatable bonds is 5. The SMILES string of the molecule is O=C(c1cc(C2OCCCO2)cc(S(=O)(=O)c2cccc(CO)c2)c1)N1CCS(=O)(=O)CC1. The molecule has 2 saturated heterocycles. The third-order valence-corrected chi connectivity index (χ3v) is 8.95. The second kappa shape index (κ2) is 9.51. The van der Waals surface area contributed by atoms with Crippen molar-refractivity contribution in [2.75, 3.05) is 37.8 Å². The fourth-order valence-corrected chi connectivity index (χ4v) is 6.37. The van der Waals surface area contributed by atoms with Crippen LogP contribution in [0.5, 0.6) is 0 Å². The third kappa shape index (κ3) is 5.28. The maximum atomic E-state index is 13.4. The van der Waals surface area contributed by atoms with Gasteiger partial charge in [0.1, 0.15) is 0 Å². The van der Waals surface area contributed by atoms with Crippen LogP contribution in [0.1, 0.15) is 34.2 Å². The third-order valence-electron chi connectivity index (χ3n) is 5.61. The van der Waals surface area contributed by atoms with Crippen LogP contribution in [0.15, 0.2) is 52.3 Å². The molecular weight excluding hydrogens is 470 g/mol. The van der Waals surface area contributed by atoms with Crippen molar-refractivity contribution in [3.63, 3.8) is 0 Å². The molecule has 0 atom stereocenters. The van der Waals surface area contributed by atoms with E-state index in [4.69, 9.17) is 9.47 Å². The normalized spacial score (nSPS) is 19.4. The molecule has 4 rings (SSSR count). The largest absolute Gasteiger partial charge is 0.392 e. The highest BCUT2D eigenvalue weighted by molar-refractivity contribution is 7.91. The van der Waals surface area contributed by atoms with Gasteiger partial charge in [-0.05, 0) is 42.3 Å². The number of ether oxygens (including phenoxy) is 2. The summed E-state index contributed by atoms with van der Waals surface area (Å²) in [5.41, 5.74) is 0.945. The zero-order valence-electron chi connectivity index (χ0n) is 17.8. The van der Waals surface area contributed by atoms with Crippen molar-refractivity contribution in [1.29, 1.82) is 0 Å². The number of aliphatic hydroxyl groups excluding tert-OH is 1. The zero-order chi connectivity index (χ0) is 23.6. The van der Waals surface area contributed by atoms with Crippen molar-refractivity contribution in [3.8, 4) is 0 Å². The van der Waals surface area contributed by atoms with Crippen LogP contribution in [0.25, 0.3) is 0 Å². The molecule has 0 unspecified atom stereocenters. The molecule has 2 heterocycles. The van der Waals surface area contributed by atoms with E-state index >= 15 is 0 Å². The maximum Gasteiger partial charge on any atom is 0.253 e. The van der Waals surface area contributed by atoms with Crippen molar-refractivity contribution in [1.82, 2.24) is 4.90 Å². The molecule has 0 bridgehead atoms. The van der Waals surface area contributed by atoms with Crippen LogP contribution < -0.4 is 0 Å². The van der Waals surface area contributed by atoms with Crippen molar-refractivity contribution in [2.45, 2.75) is 29.1 Å². The number of hydrogen-bond donors (Lipinski definition) is 1. The highest BCUT2D eigenvalue weighted by atomic mass is 32.2. The first-order valence-electron chi connectivity index (χ1n) is 10.5. The summed E-state index contributed by atoms with van der Waals surface area (Å²) in [6.45, 7) is 0.653. The highest BCUT2D eigenvalue weighted by Crippen LogP contribution is 2.30. The Labute approximate surface area is 192 Å². The Morgan fingerprint density at radius 3 is 2.39 bits per heavy atom. The van der Waals surface area contributed by atoms with Gasteiger partial charge < -0.3 is 19.5 Å². The van der Waals surface area contributed by atoms with Crippen molar-refractivity contribution >= 4 is 25.6 Å². The predicted octanol–water partition coefficient (Wildman–Crippen LogP) is 1.32. The van der Waals surface area contributed by atoms with Gasteiger partial charge in [-0.15, -0.1) is 0 Å². The van der Waals surface area contributed by atoms with Gasteiger partial charge in [-0.25, -0.2) is 16.8 Å². The number of benzene rings is 2. The lowest BCUT2D eigenvalue weighted by molar-refractivity contribution is -0.183. The Kier molecular flexibility index (Phi) is 6.87. The van der Waals surface area contributed by atoms with E-state index in [2.05, 4.69) is 0 Å². The van der Waals surface area contributed by atoms with Gasteiger partial charge in [0.25, 0.3) is 5.91 Å². The first-order valence-corrected chi connectivity index (χ1v) is 13.8. The zero-order valence-corrected chi connectivity index (χ0v) is 19.5. The predicted molar refractivity (Wildman–Crippen MR) is 118 cm³/mol. The summed E-state index contributed by atoms with van der Waals surface area (Å²) in [5.74, 6) is -0.721. The van der Waals surface area contributed by atoms with Crippen LogP contribution in [0, 0.1) is 0 Å². The molecule has 0 radical (unpaired) electrons. The second-order valence-electron chi connectivity index (χ2n) is 7.97. The van der Waals surface area contributed by atoms with Gasteiger partial charge in [0, 0.05) is 24.2 Å². The van der Waals surface area contributed by atoms with Gasteiger partial charge in [-0.3, -0.25) is 4.79 Å². The Balaban J connectivity index is 1.75. The molecule has 2 aliphatic heterocycles. The summed E-state index contributed by atoms with van der Waals surface area (Å²) < 4.78 is 61.6. The maximum absolute atomic E-state index is 13.4. The fraction of sp³-hybridized carbons (Fsp3) is 0.409. The monoisotopic (exact) mass is 495 g/mol. The summed E-state index contributed by atoms with van der Waals surface area (Å²) in [6.07, 6.45) is -0.109. The standard InChI is InChI=1S/C22H25NO8S2/c24-15-16-3-1-4-19(11-16)33(28,29)20-13-17(12-18(14-20)22-30-7-2-8-31-22)21(25)23-5-9-32(26,27)10-6-23/h1,3-4,11-14,22,24H,2,5-10,15H2. The average Bonchev–Trinajstić information content (AvgIpc) is 2.84. The van der Waals surface area contributed by atoms with Gasteiger partial charge in [0.05, 0.1) is 41.1 Å². The summed E-state index contributed by atoms with van der Waals surface area (Å²) in [6, 6.07) is 10.2. The van der Waals surface area contributed by atoms with Gasteiger partial charge in [0.15, 0.2) is 16.1 Å². The van der Waals surface area contributed by atoms with E-state index in [9.17, 15) is 26.7 Å². The average molecular weight is 496 g/mol. The van der Waals surface area contributed by atoms with Gasteiger partial charge >= 0.3 is 0 Å². The van der Waals surface area contributed by atoms with Crippen molar-refractivity contribution < 1.29 is 36.2 Å². The summed E-state index contributed by atoms with van der Waals surface area (Å²) >= 11 is 0. The molecule has 2 aromatic carbocycles. The van der Waals surface area contributed by atoms with Crippen LogP contribution in [0.3, 0.4) is 0 Å². The molecule has 9 nitrogen and oxygen atoms in total. The first-order chi connectivity index (χ1) is 15.7. The van der Waals surface area contributed by atoms with Gasteiger partial charge in [0.2, 0.25) is 9.84 Å². The molecule has 2 fully saturated rings. The van der Waals surface area contributed by atoms with Crippen LogP contribution in [-0.4, -0.2) is 70.6 Å². The van der Waals surface area contributed by atoms with E-state index in [1.807, 2.05) is 0 Å². The van der Waals surface area contributed by atoms with Crippen molar-refractivity contribution in [3.05, 3.63) is 59.2 Å². The molecule has 2 aromatic rings. The lowest BCUT2D eigenvalue weighted by atomic mass is 10.1. The van der Waals surface area contributed by atoms with Crippen molar-refractivity contribution in [2.24, 2.45) is 0 Å². The molecule has 1 N–H and O–H groups in total. The molecule has 0 aromatic heterocycles. The molecule has 11 heteroatoms. The van der Waals surface area contributed by atoms with Crippen LogP contribution >= 0.6 is 0 Å². The molecule has 0 spiro atoms. The van der Waals surface area contributed by atoms with Gasteiger partial charge in [-0.1, -0.05) is 12.1 Å². The minimum atomic E-state index is -4.03. The van der Waals surface area contributed by atoms with E-state index in [1.165, 1.54) is 41.3 Å². The van der Waals surface area contributed by atoms with E-state index in [0.717, 1.165) is 0 Å². The van der Waals surface area contributed by atoms with E-state index in [1.54, 1.807) is 6.07 Å². The fourth-order valence-electron chi connectivity index (χ4n) is 3.76. The number of sulfone groups is 2. The van der Waals surface area contributed by atoms with E-state index in [0.29, 0.717) is 30.8 Å². The smallest absolute Gasteiger partial charge is 0.253 e. The molecular formula is C22H25NO8S2. The van der Waals surface area contributed by atoms with Crippen LogP contribution in [-0.2, 0) is 35.8 Å². The number of carbonyl (C=O) groups excluding carboxylic acids is 1. The molecule has 178 valence electrons. The minimum Gasteiger partial charge on any atom is -0.392 e. The molecule has 33 heavy (non-hydrogen) atoms. The lowest BCUT2D eigenvalue weighted by Crippen LogP contribution is -2.43. The second-order valence-corrected chi connectivity index (χ2v) is 12.2. The topological polar surface area (TPSA) is 127 Å².